The first kappa shape index (κ1) is 15.0. The number of halogens is 2. The summed E-state index contributed by atoms with van der Waals surface area (Å²) in [6, 6.07) is 14.4. The molecule has 2 aromatic rings. The average molecular weight is 361 g/mol. The van der Waals surface area contributed by atoms with E-state index in [9.17, 15) is 9.65 Å². The van der Waals surface area contributed by atoms with E-state index in [0.717, 1.165) is 15.7 Å². The molecule has 22 heavy (non-hydrogen) atoms. The molecule has 1 heterocycles. The lowest BCUT2D eigenvalue weighted by molar-refractivity contribution is 0.0398. The second-order valence-electron chi connectivity index (χ2n) is 5.13. The average Bonchev–Trinajstić information content (AvgIpc) is 2.55. The number of benzene rings is 2. The first-order valence-corrected chi connectivity index (χ1v) is 7.78. The summed E-state index contributed by atoms with van der Waals surface area (Å²) >= 11 is 3.42. The molecule has 0 aliphatic carbocycles. The van der Waals surface area contributed by atoms with Crippen molar-refractivity contribution in [3.63, 3.8) is 0 Å². The third-order valence-electron chi connectivity index (χ3n) is 3.73. The van der Waals surface area contributed by atoms with Gasteiger partial charge in [-0.3, -0.25) is 0 Å². The Bertz CT molecular complexity index is 712. The molecule has 3 rings (SSSR count). The second-order valence-corrected chi connectivity index (χ2v) is 6.05. The van der Waals surface area contributed by atoms with Crippen LogP contribution in [0.2, 0.25) is 0 Å². The van der Waals surface area contributed by atoms with E-state index >= 15 is 0 Å². The van der Waals surface area contributed by atoms with Crippen molar-refractivity contribution in [3.05, 3.63) is 63.9 Å². The van der Waals surface area contributed by atoms with Crippen molar-refractivity contribution >= 4 is 21.6 Å². The monoisotopic (exact) mass is 360 g/mol. The van der Waals surface area contributed by atoms with Gasteiger partial charge >= 0.3 is 0 Å². The molecule has 0 aromatic heterocycles. The fourth-order valence-electron chi connectivity index (χ4n) is 2.62. The van der Waals surface area contributed by atoms with Gasteiger partial charge in [-0.2, -0.15) is 5.26 Å². The number of nitriles is 1. The minimum Gasteiger partial charge on any atom is -0.370 e. The van der Waals surface area contributed by atoms with E-state index in [1.165, 1.54) is 12.1 Å². The number of nitrogens with zero attached hydrogens (tertiary/aromatic N) is 2. The number of morpholine rings is 1. The molecule has 0 saturated carbocycles. The molecule has 0 radical (unpaired) electrons. The van der Waals surface area contributed by atoms with Crippen molar-refractivity contribution in [2.75, 3.05) is 24.6 Å². The molecule has 1 atom stereocenters. The Balaban J connectivity index is 1.84. The highest BCUT2D eigenvalue weighted by molar-refractivity contribution is 9.10. The number of hydrogen-bond donors (Lipinski definition) is 0. The fourth-order valence-corrected chi connectivity index (χ4v) is 2.89. The molecule has 0 amide bonds. The zero-order valence-corrected chi connectivity index (χ0v) is 13.4. The Hall–Kier alpha value is -1.90. The largest absolute Gasteiger partial charge is 0.370 e. The highest BCUT2D eigenvalue weighted by atomic mass is 79.9. The third-order valence-corrected chi connectivity index (χ3v) is 4.26. The molecule has 1 unspecified atom stereocenters. The van der Waals surface area contributed by atoms with Gasteiger partial charge in [0.25, 0.3) is 0 Å². The van der Waals surface area contributed by atoms with Gasteiger partial charge in [0.2, 0.25) is 0 Å². The maximum Gasteiger partial charge on any atom is 0.124 e. The lowest BCUT2D eigenvalue weighted by Crippen LogP contribution is -2.38. The molecule has 0 N–H and O–H groups in total. The van der Waals surface area contributed by atoms with Gasteiger partial charge in [0.15, 0.2) is 0 Å². The molecular weight excluding hydrogens is 347 g/mol. The summed E-state index contributed by atoms with van der Waals surface area (Å²) in [6.45, 7) is 1.90. The van der Waals surface area contributed by atoms with Crippen LogP contribution in [0.1, 0.15) is 17.2 Å². The highest BCUT2D eigenvalue weighted by Gasteiger charge is 2.23. The topological polar surface area (TPSA) is 36.3 Å². The minimum absolute atomic E-state index is 0.0570. The Morgan fingerprint density at radius 2 is 2.00 bits per heavy atom. The van der Waals surface area contributed by atoms with Crippen LogP contribution in [0.25, 0.3) is 0 Å². The fraction of sp³-hybridized carbons (Fsp3) is 0.235. The van der Waals surface area contributed by atoms with Crippen LogP contribution in [0.3, 0.4) is 0 Å². The van der Waals surface area contributed by atoms with Crippen LogP contribution in [0.4, 0.5) is 10.1 Å². The molecule has 5 heteroatoms. The van der Waals surface area contributed by atoms with Gasteiger partial charge in [-0.25, -0.2) is 4.39 Å². The van der Waals surface area contributed by atoms with Gasteiger partial charge < -0.3 is 9.64 Å². The zero-order valence-electron chi connectivity index (χ0n) is 11.8. The molecule has 1 saturated heterocycles. The van der Waals surface area contributed by atoms with Crippen molar-refractivity contribution in [1.29, 1.82) is 5.26 Å². The van der Waals surface area contributed by atoms with Crippen molar-refractivity contribution in [1.82, 2.24) is 0 Å². The van der Waals surface area contributed by atoms with Crippen LogP contribution >= 0.6 is 15.9 Å². The summed E-state index contributed by atoms with van der Waals surface area (Å²) in [7, 11) is 0. The van der Waals surface area contributed by atoms with E-state index in [-0.39, 0.29) is 6.10 Å². The van der Waals surface area contributed by atoms with Crippen LogP contribution in [-0.2, 0) is 4.74 Å². The Morgan fingerprint density at radius 1 is 1.23 bits per heavy atom. The summed E-state index contributed by atoms with van der Waals surface area (Å²) in [5.74, 6) is -0.391. The van der Waals surface area contributed by atoms with Crippen LogP contribution in [0.15, 0.2) is 46.9 Å². The van der Waals surface area contributed by atoms with Gasteiger partial charge in [-0.15, -0.1) is 0 Å². The summed E-state index contributed by atoms with van der Waals surface area (Å²) in [5, 5.41) is 9.21. The number of ether oxygens (including phenoxy) is 1. The molecule has 0 spiro atoms. The highest BCUT2D eigenvalue weighted by Crippen LogP contribution is 2.29. The van der Waals surface area contributed by atoms with E-state index in [1.54, 1.807) is 6.07 Å². The summed E-state index contributed by atoms with van der Waals surface area (Å²) in [4.78, 5) is 2.08. The van der Waals surface area contributed by atoms with E-state index in [4.69, 9.17) is 4.74 Å². The van der Waals surface area contributed by atoms with E-state index in [0.29, 0.717) is 25.3 Å². The van der Waals surface area contributed by atoms with Crippen LogP contribution in [0, 0.1) is 17.1 Å². The first-order chi connectivity index (χ1) is 10.7. The number of anilines is 1. The zero-order chi connectivity index (χ0) is 15.5. The van der Waals surface area contributed by atoms with Gasteiger partial charge in [0.05, 0.1) is 17.9 Å². The van der Waals surface area contributed by atoms with E-state index < -0.39 is 5.82 Å². The Labute approximate surface area is 137 Å². The van der Waals surface area contributed by atoms with Crippen molar-refractivity contribution in [2.24, 2.45) is 0 Å². The van der Waals surface area contributed by atoms with E-state index in [2.05, 4.69) is 26.9 Å². The standard InChI is InChI=1S/C17H14BrFN2O/c18-14-3-1-12(2-4-14)17-11-21(7-8-22-17)16-6-5-15(19)9-13(16)10-20/h1-6,9,17H,7-8,11H2. The second kappa shape index (κ2) is 6.47. The lowest BCUT2D eigenvalue weighted by Gasteiger charge is -2.35. The molecule has 3 nitrogen and oxygen atoms in total. The van der Waals surface area contributed by atoms with Crippen LogP contribution in [-0.4, -0.2) is 19.7 Å². The maximum absolute atomic E-state index is 13.3. The van der Waals surface area contributed by atoms with Gasteiger partial charge in [-0.1, -0.05) is 28.1 Å². The molecule has 1 fully saturated rings. The van der Waals surface area contributed by atoms with Gasteiger partial charge in [0.1, 0.15) is 18.0 Å². The lowest BCUT2D eigenvalue weighted by atomic mass is 10.1. The van der Waals surface area contributed by atoms with Crippen molar-refractivity contribution in [3.8, 4) is 6.07 Å². The third kappa shape index (κ3) is 3.13. The van der Waals surface area contributed by atoms with Crippen LogP contribution in [0.5, 0.6) is 0 Å². The number of rotatable bonds is 2. The quantitative estimate of drug-likeness (QED) is 0.810. The van der Waals surface area contributed by atoms with Gasteiger partial charge in [0, 0.05) is 17.6 Å². The number of hydrogen-bond acceptors (Lipinski definition) is 3. The molecule has 0 bridgehead atoms. The van der Waals surface area contributed by atoms with Crippen LogP contribution < -0.4 is 4.90 Å². The predicted octanol–water partition coefficient (Wildman–Crippen LogP) is 4.04. The smallest absolute Gasteiger partial charge is 0.124 e. The molecule has 2 aromatic carbocycles. The summed E-state index contributed by atoms with van der Waals surface area (Å²) in [6.07, 6.45) is -0.0570. The molecule has 1 aliphatic rings. The first-order valence-electron chi connectivity index (χ1n) is 6.99. The minimum atomic E-state index is -0.391. The predicted molar refractivity (Wildman–Crippen MR) is 86.2 cm³/mol. The van der Waals surface area contributed by atoms with Crippen molar-refractivity contribution in [2.45, 2.75) is 6.10 Å². The Morgan fingerprint density at radius 3 is 2.73 bits per heavy atom. The maximum atomic E-state index is 13.3. The Kier molecular flexibility index (Phi) is 4.41. The van der Waals surface area contributed by atoms with Gasteiger partial charge in [-0.05, 0) is 35.9 Å². The van der Waals surface area contributed by atoms with Crippen molar-refractivity contribution < 1.29 is 9.13 Å². The molecular formula is C17H14BrFN2O. The summed E-state index contributed by atoms with van der Waals surface area (Å²) < 4.78 is 20.1. The summed E-state index contributed by atoms with van der Waals surface area (Å²) in [5.41, 5.74) is 2.21. The molecule has 112 valence electrons. The van der Waals surface area contributed by atoms with E-state index in [1.807, 2.05) is 24.3 Å². The SMILES string of the molecule is N#Cc1cc(F)ccc1N1CCOC(c2ccc(Br)cc2)C1. The normalized spacial score (nSPS) is 18.0. The molecule has 1 aliphatic heterocycles.